The summed E-state index contributed by atoms with van der Waals surface area (Å²) in [4.78, 5) is 32.2. The molecule has 2 aromatic heterocycles. The van der Waals surface area contributed by atoms with Crippen molar-refractivity contribution in [2.75, 3.05) is 12.0 Å². The van der Waals surface area contributed by atoms with E-state index >= 15 is 0 Å². The first-order valence-corrected chi connectivity index (χ1v) is 10.4. The van der Waals surface area contributed by atoms with Gasteiger partial charge in [-0.2, -0.15) is 0 Å². The van der Waals surface area contributed by atoms with Gasteiger partial charge in [-0.15, -0.1) is 0 Å². The molecule has 3 heterocycles. The molecule has 0 saturated heterocycles. The first kappa shape index (κ1) is 20.8. The summed E-state index contributed by atoms with van der Waals surface area (Å²) in [5, 5.41) is 11.8. The Bertz CT molecular complexity index is 1410. The second-order valence-electron chi connectivity index (χ2n) is 7.42. The van der Waals surface area contributed by atoms with Crippen LogP contribution in [0.25, 0.3) is 11.0 Å². The summed E-state index contributed by atoms with van der Waals surface area (Å²) in [5.74, 6) is -1.60. The molecule has 0 bridgehead atoms. The molecule has 8 heteroatoms. The number of ether oxygens (including phenoxy) is 1. The normalized spacial score (nSPS) is 16.0. The van der Waals surface area contributed by atoms with E-state index in [-0.39, 0.29) is 11.3 Å². The van der Waals surface area contributed by atoms with Crippen LogP contribution in [0, 0.1) is 0 Å². The lowest BCUT2D eigenvalue weighted by molar-refractivity contribution is -0.117. The number of nitrogens with zero attached hydrogens (tertiary/aromatic N) is 2. The Labute approximate surface area is 193 Å². The van der Waals surface area contributed by atoms with Gasteiger partial charge in [0, 0.05) is 34.6 Å². The third kappa shape index (κ3) is 3.43. The lowest BCUT2D eigenvalue weighted by Gasteiger charge is -2.26. The number of rotatable bonds is 5. The third-order valence-electron chi connectivity index (χ3n) is 5.50. The smallest absolute Gasteiger partial charge is 0.294 e. The number of carbonyl (C=O) groups is 2. The number of methoxy groups -OCH3 is 1. The number of aliphatic hydroxyl groups excluding tert-OH is 1. The van der Waals surface area contributed by atoms with E-state index in [4.69, 9.17) is 20.8 Å². The number of pyridine rings is 1. The van der Waals surface area contributed by atoms with Crippen molar-refractivity contribution in [3.8, 4) is 5.75 Å². The topological polar surface area (TPSA) is 92.9 Å². The molecule has 164 valence electrons. The molecule has 1 unspecified atom stereocenters. The fourth-order valence-corrected chi connectivity index (χ4v) is 4.25. The molecule has 1 atom stereocenters. The van der Waals surface area contributed by atoms with E-state index in [1.807, 2.05) is 6.07 Å². The first-order valence-electron chi connectivity index (χ1n) is 10.0. The van der Waals surface area contributed by atoms with Crippen LogP contribution in [0.5, 0.6) is 5.75 Å². The summed E-state index contributed by atoms with van der Waals surface area (Å²) in [6.07, 6.45) is 3.13. The van der Waals surface area contributed by atoms with Crippen LogP contribution in [0.4, 0.5) is 5.69 Å². The van der Waals surface area contributed by atoms with Gasteiger partial charge in [-0.1, -0.05) is 29.8 Å². The molecule has 1 aliphatic heterocycles. The molecule has 0 saturated carbocycles. The zero-order valence-electron chi connectivity index (χ0n) is 17.4. The predicted octanol–water partition coefficient (Wildman–Crippen LogP) is 5.27. The molecule has 5 rings (SSSR count). The highest BCUT2D eigenvalue weighted by Crippen LogP contribution is 2.42. The maximum Gasteiger partial charge on any atom is 0.294 e. The van der Waals surface area contributed by atoms with Gasteiger partial charge >= 0.3 is 0 Å². The maximum absolute atomic E-state index is 13.6. The van der Waals surface area contributed by atoms with Crippen LogP contribution in [0.3, 0.4) is 0 Å². The Hall–Kier alpha value is -4.10. The number of ketones is 1. The Balaban J connectivity index is 1.66. The number of para-hydroxylation sites is 1. The first-order chi connectivity index (χ1) is 16.0. The van der Waals surface area contributed by atoms with Gasteiger partial charge in [0.05, 0.1) is 18.7 Å². The number of benzene rings is 2. The largest absolute Gasteiger partial charge is 0.503 e. The van der Waals surface area contributed by atoms with Gasteiger partial charge in [0.2, 0.25) is 5.78 Å². The highest BCUT2D eigenvalue weighted by molar-refractivity contribution is 6.31. The molecular weight excluding hydrogens is 444 g/mol. The Morgan fingerprint density at radius 3 is 2.55 bits per heavy atom. The third-order valence-corrected chi connectivity index (χ3v) is 5.72. The fourth-order valence-electron chi connectivity index (χ4n) is 4.04. The van der Waals surface area contributed by atoms with Gasteiger partial charge in [0.25, 0.3) is 5.91 Å². The van der Waals surface area contributed by atoms with Crippen molar-refractivity contribution in [3.63, 3.8) is 0 Å². The van der Waals surface area contributed by atoms with Crippen LogP contribution in [0.1, 0.15) is 22.2 Å². The van der Waals surface area contributed by atoms with Crippen molar-refractivity contribution in [3.05, 3.63) is 101 Å². The van der Waals surface area contributed by atoms with E-state index in [1.54, 1.807) is 60.9 Å². The summed E-state index contributed by atoms with van der Waals surface area (Å²) in [6.45, 7) is 0. The number of anilines is 1. The molecule has 0 radical (unpaired) electrons. The number of hydrogen-bond donors (Lipinski definition) is 1. The molecule has 33 heavy (non-hydrogen) atoms. The number of aromatic nitrogens is 1. The number of fused-ring (bicyclic) bond motifs is 1. The molecule has 1 aliphatic rings. The van der Waals surface area contributed by atoms with E-state index in [1.165, 1.54) is 18.1 Å². The van der Waals surface area contributed by atoms with E-state index < -0.39 is 23.5 Å². The van der Waals surface area contributed by atoms with Gasteiger partial charge in [-0.05, 0) is 42.0 Å². The summed E-state index contributed by atoms with van der Waals surface area (Å²) in [5.41, 5.74) is 1.41. The minimum atomic E-state index is -0.867. The maximum atomic E-state index is 13.6. The summed E-state index contributed by atoms with van der Waals surface area (Å²) >= 11 is 6.14. The minimum Gasteiger partial charge on any atom is -0.503 e. The molecule has 0 spiro atoms. The van der Waals surface area contributed by atoms with Gasteiger partial charge in [0.1, 0.15) is 0 Å². The summed E-state index contributed by atoms with van der Waals surface area (Å²) < 4.78 is 11.1. The van der Waals surface area contributed by atoms with Crippen molar-refractivity contribution in [2.24, 2.45) is 0 Å². The fraction of sp³-hybridized carbons (Fsp3) is 0.0800. The average molecular weight is 461 g/mol. The monoisotopic (exact) mass is 460 g/mol. The lowest BCUT2D eigenvalue weighted by atomic mass is 9.95. The summed E-state index contributed by atoms with van der Waals surface area (Å²) in [7, 11) is 1.47. The molecule has 1 amide bonds. The minimum absolute atomic E-state index is 0.0473. The number of hydrogen-bond acceptors (Lipinski definition) is 6. The second kappa shape index (κ2) is 8.11. The molecule has 0 fully saturated rings. The molecule has 2 aromatic carbocycles. The van der Waals surface area contributed by atoms with Gasteiger partial charge in [0.15, 0.2) is 22.9 Å². The molecule has 4 aromatic rings. The van der Waals surface area contributed by atoms with E-state index in [9.17, 15) is 14.7 Å². The van der Waals surface area contributed by atoms with Gasteiger partial charge in [-0.25, -0.2) is 0 Å². The van der Waals surface area contributed by atoms with Crippen molar-refractivity contribution in [1.29, 1.82) is 0 Å². The van der Waals surface area contributed by atoms with E-state index in [0.29, 0.717) is 33.0 Å². The predicted molar refractivity (Wildman–Crippen MR) is 123 cm³/mol. The van der Waals surface area contributed by atoms with Crippen LogP contribution in [0.15, 0.2) is 88.8 Å². The number of amides is 1. The van der Waals surface area contributed by atoms with Crippen molar-refractivity contribution in [1.82, 2.24) is 4.98 Å². The van der Waals surface area contributed by atoms with Crippen LogP contribution in [-0.2, 0) is 4.79 Å². The van der Waals surface area contributed by atoms with Crippen LogP contribution >= 0.6 is 11.6 Å². The molecule has 0 aliphatic carbocycles. The highest BCUT2D eigenvalue weighted by atomic mass is 35.5. The zero-order chi connectivity index (χ0) is 23.1. The number of carbonyl (C=O) groups excluding carboxylic acids is 2. The number of Topliss-reactive ketones (excluding diaryl/α,β-unsaturated/α-hetero) is 1. The van der Waals surface area contributed by atoms with E-state index in [0.717, 1.165) is 0 Å². The standard InChI is InChI=1S/C25H17ClN2O5/c1-32-19-13-16(26)11-15-12-18(33-24(15)19)22(29)20-21(14-7-9-27-10-8-14)28(25(31)23(20)30)17-5-3-2-4-6-17/h2-13,21,30H,1H3. The van der Waals surface area contributed by atoms with Crippen LogP contribution in [0.2, 0.25) is 5.02 Å². The van der Waals surface area contributed by atoms with E-state index in [2.05, 4.69) is 4.98 Å². The molecule has 1 N–H and O–H groups in total. The Kier molecular flexibility index (Phi) is 5.11. The Morgan fingerprint density at radius 1 is 1.12 bits per heavy atom. The summed E-state index contributed by atoms with van der Waals surface area (Å²) in [6, 6.07) is 16.1. The number of aliphatic hydroxyl groups is 1. The van der Waals surface area contributed by atoms with Crippen LogP contribution in [-0.4, -0.2) is 28.9 Å². The second-order valence-corrected chi connectivity index (χ2v) is 7.86. The van der Waals surface area contributed by atoms with Gasteiger partial charge < -0.3 is 14.3 Å². The van der Waals surface area contributed by atoms with Crippen LogP contribution < -0.4 is 9.64 Å². The zero-order valence-corrected chi connectivity index (χ0v) is 18.1. The lowest BCUT2D eigenvalue weighted by Crippen LogP contribution is -2.31. The molecule has 7 nitrogen and oxygen atoms in total. The number of halogens is 1. The SMILES string of the molecule is COc1cc(Cl)cc2cc(C(=O)C3=C(O)C(=O)N(c4ccccc4)C3c3ccncc3)oc12. The van der Waals surface area contributed by atoms with Crippen molar-refractivity contribution in [2.45, 2.75) is 6.04 Å². The highest BCUT2D eigenvalue weighted by Gasteiger charge is 2.45. The van der Waals surface area contributed by atoms with Crippen molar-refractivity contribution < 1.29 is 23.8 Å². The number of furan rings is 1. The van der Waals surface area contributed by atoms with Crippen molar-refractivity contribution >= 4 is 39.9 Å². The molecular formula is C25H17ClN2O5. The quantitative estimate of drug-likeness (QED) is 0.408. The van der Waals surface area contributed by atoms with Gasteiger partial charge in [-0.3, -0.25) is 19.5 Å². The Morgan fingerprint density at radius 2 is 1.85 bits per heavy atom. The average Bonchev–Trinajstić information content (AvgIpc) is 3.38.